The van der Waals surface area contributed by atoms with Gasteiger partial charge in [0.2, 0.25) is 5.89 Å². The number of likely N-dealkylation sites (tertiary alicyclic amines) is 1. The van der Waals surface area contributed by atoms with Gasteiger partial charge in [-0.15, -0.1) is 21.5 Å². The number of nitrogens with two attached hydrogens (primary N) is 3. The molecular formula is C28H35N9O2S. The van der Waals surface area contributed by atoms with Crippen molar-refractivity contribution in [2.75, 3.05) is 18.6 Å². The van der Waals surface area contributed by atoms with E-state index in [1.165, 1.54) is 30.0 Å². The van der Waals surface area contributed by atoms with E-state index in [-0.39, 0.29) is 23.8 Å². The number of amides is 1. The van der Waals surface area contributed by atoms with Crippen molar-refractivity contribution in [2.24, 2.45) is 17.3 Å². The number of pyridine rings is 1. The molecule has 0 aliphatic carbocycles. The minimum atomic E-state index is -0.132. The van der Waals surface area contributed by atoms with Gasteiger partial charge in [-0.3, -0.25) is 9.80 Å². The molecule has 0 radical (unpaired) electrons. The predicted molar refractivity (Wildman–Crippen MR) is 156 cm³/mol. The molecule has 1 aromatic carbocycles. The van der Waals surface area contributed by atoms with Crippen molar-refractivity contribution in [3.8, 4) is 11.6 Å². The van der Waals surface area contributed by atoms with Gasteiger partial charge in [0.1, 0.15) is 16.5 Å². The van der Waals surface area contributed by atoms with E-state index in [1.807, 2.05) is 42.3 Å². The normalized spacial score (nSPS) is 15.6. The van der Waals surface area contributed by atoms with Crippen molar-refractivity contribution >= 4 is 23.1 Å². The van der Waals surface area contributed by atoms with E-state index in [4.69, 9.17) is 16.0 Å². The molecule has 0 spiro atoms. The van der Waals surface area contributed by atoms with Crippen molar-refractivity contribution in [2.45, 2.75) is 45.1 Å². The number of aryl methyl sites for hydroxylation is 1. The van der Waals surface area contributed by atoms with Crippen LogP contribution >= 0.6 is 11.3 Å². The molecule has 5 rings (SSSR count). The fraction of sp³-hybridized carbons (Fsp3) is 0.321. The zero-order chi connectivity index (χ0) is 28.6. The van der Waals surface area contributed by atoms with Gasteiger partial charge in [0.25, 0.3) is 11.8 Å². The molecule has 1 aliphatic rings. The van der Waals surface area contributed by atoms with Crippen LogP contribution in [0.15, 0.2) is 64.7 Å². The number of nitrogens with zero attached hydrogens (tertiary/aromatic N) is 6. The van der Waals surface area contributed by atoms with Gasteiger partial charge in [-0.1, -0.05) is 37.3 Å². The number of thiazole rings is 1. The summed E-state index contributed by atoms with van der Waals surface area (Å²) >= 11 is 1.58. The Morgan fingerprint density at radius 2 is 2.00 bits per heavy atom. The average molecular weight is 562 g/mol. The van der Waals surface area contributed by atoms with Gasteiger partial charge in [0.05, 0.1) is 6.04 Å². The second kappa shape index (κ2) is 13.3. The topological polar surface area (TPSA) is 166 Å². The summed E-state index contributed by atoms with van der Waals surface area (Å²) in [6.07, 6.45) is 5.29. The molecule has 1 amide bonds. The maximum atomic E-state index is 13.8. The lowest BCUT2D eigenvalue weighted by Crippen LogP contribution is -2.31. The number of carbonyl (C=O) groups is 1. The third-order valence-electron chi connectivity index (χ3n) is 6.47. The third kappa shape index (κ3) is 6.53. The Bertz CT molecular complexity index is 1440. The van der Waals surface area contributed by atoms with E-state index in [0.29, 0.717) is 29.5 Å². The lowest BCUT2D eigenvalue weighted by atomic mass is 10.0. The summed E-state index contributed by atoms with van der Waals surface area (Å²) in [5, 5.41) is 12.7. The molecule has 6 N–H and O–H groups in total. The first-order chi connectivity index (χ1) is 19.4. The molecule has 2 unspecified atom stereocenters. The summed E-state index contributed by atoms with van der Waals surface area (Å²) in [7, 11) is 1.50. The van der Waals surface area contributed by atoms with Gasteiger partial charge in [0, 0.05) is 41.5 Å². The zero-order valence-corrected chi connectivity index (χ0v) is 23.7. The average Bonchev–Trinajstić information content (AvgIpc) is 3.75. The fourth-order valence-corrected chi connectivity index (χ4v) is 5.54. The Labute approximate surface area is 237 Å². The molecule has 4 aromatic rings. The summed E-state index contributed by atoms with van der Waals surface area (Å²) in [6.45, 7) is 4.64. The minimum Gasteiger partial charge on any atom is -0.419 e. The highest BCUT2D eigenvalue weighted by molar-refractivity contribution is 7.09. The van der Waals surface area contributed by atoms with Gasteiger partial charge >= 0.3 is 0 Å². The molecule has 1 saturated heterocycles. The van der Waals surface area contributed by atoms with E-state index >= 15 is 0 Å². The number of rotatable bonds is 8. The van der Waals surface area contributed by atoms with E-state index in [2.05, 4.69) is 38.0 Å². The molecule has 0 saturated carbocycles. The Balaban J connectivity index is 0.00000181. The van der Waals surface area contributed by atoms with Crippen LogP contribution in [0.5, 0.6) is 0 Å². The summed E-state index contributed by atoms with van der Waals surface area (Å²) in [5.41, 5.74) is 13.0. The zero-order valence-electron chi connectivity index (χ0n) is 22.9. The highest BCUT2D eigenvalue weighted by atomic mass is 32.1. The number of benzene rings is 1. The van der Waals surface area contributed by atoms with Crippen LogP contribution in [-0.2, 0) is 6.42 Å². The molecule has 11 nitrogen and oxygen atoms in total. The van der Waals surface area contributed by atoms with E-state index in [0.717, 1.165) is 30.0 Å². The summed E-state index contributed by atoms with van der Waals surface area (Å²) < 4.78 is 6.03. The first-order valence-electron chi connectivity index (χ1n) is 13.1. The van der Waals surface area contributed by atoms with Gasteiger partial charge in [0.15, 0.2) is 0 Å². The number of anilines is 1. The van der Waals surface area contributed by atoms with Crippen LogP contribution in [0.1, 0.15) is 64.2 Å². The van der Waals surface area contributed by atoms with Crippen LogP contribution in [0.4, 0.5) is 5.82 Å². The van der Waals surface area contributed by atoms with Crippen molar-refractivity contribution in [3.63, 3.8) is 0 Å². The maximum absolute atomic E-state index is 13.8. The molecule has 4 heterocycles. The third-order valence-corrected chi connectivity index (χ3v) is 7.54. The van der Waals surface area contributed by atoms with Crippen LogP contribution in [-0.4, -0.2) is 44.6 Å². The van der Waals surface area contributed by atoms with E-state index in [1.54, 1.807) is 23.5 Å². The van der Waals surface area contributed by atoms with Gasteiger partial charge in [-0.25, -0.2) is 15.8 Å². The van der Waals surface area contributed by atoms with Gasteiger partial charge in [-0.2, -0.15) is 0 Å². The lowest BCUT2D eigenvalue weighted by Gasteiger charge is -2.24. The summed E-state index contributed by atoms with van der Waals surface area (Å²) in [6, 6.07) is 13.4. The van der Waals surface area contributed by atoms with Crippen LogP contribution in [0.2, 0.25) is 0 Å². The molecule has 1 aliphatic heterocycles. The van der Waals surface area contributed by atoms with Crippen molar-refractivity contribution in [1.29, 1.82) is 0 Å². The number of carbonyl (C=O) groups excluding carboxylic acids is 1. The van der Waals surface area contributed by atoms with E-state index in [9.17, 15) is 4.79 Å². The SMILES string of the molecule is CN.Cc1csc(C2CCCN2C(=O)c2cc(-c3nnc(C(C)Cc4ccccc4)o3)nc(N(N)/C=C\N)c2)n1. The fourth-order valence-electron chi connectivity index (χ4n) is 4.60. The number of aromatic nitrogens is 4. The number of hydrogen-bond acceptors (Lipinski definition) is 11. The van der Waals surface area contributed by atoms with Crippen LogP contribution in [0.3, 0.4) is 0 Å². The molecule has 2 atom stereocenters. The minimum absolute atomic E-state index is 0.00114. The highest BCUT2D eigenvalue weighted by Gasteiger charge is 2.33. The van der Waals surface area contributed by atoms with Gasteiger partial charge < -0.3 is 20.8 Å². The quantitative estimate of drug-likeness (QED) is 0.212. The van der Waals surface area contributed by atoms with Crippen molar-refractivity contribution in [3.05, 3.63) is 88.0 Å². The summed E-state index contributed by atoms with van der Waals surface area (Å²) in [5.74, 6) is 7.05. The van der Waals surface area contributed by atoms with Crippen molar-refractivity contribution < 1.29 is 9.21 Å². The molecule has 1 fully saturated rings. The van der Waals surface area contributed by atoms with Crippen LogP contribution < -0.4 is 22.3 Å². The van der Waals surface area contributed by atoms with Gasteiger partial charge in [-0.05, 0) is 50.9 Å². The monoisotopic (exact) mass is 561 g/mol. The first kappa shape index (κ1) is 28.9. The first-order valence-corrected chi connectivity index (χ1v) is 13.9. The largest absolute Gasteiger partial charge is 0.419 e. The molecular weight excluding hydrogens is 526 g/mol. The lowest BCUT2D eigenvalue weighted by molar-refractivity contribution is 0.0735. The van der Waals surface area contributed by atoms with Crippen LogP contribution in [0, 0.1) is 6.92 Å². The predicted octanol–water partition coefficient (Wildman–Crippen LogP) is 3.90. The Morgan fingerprint density at radius 3 is 2.70 bits per heavy atom. The second-order valence-corrected chi connectivity index (χ2v) is 10.3. The molecule has 3 aromatic heterocycles. The number of hydrazine groups is 1. The smallest absolute Gasteiger partial charge is 0.266 e. The summed E-state index contributed by atoms with van der Waals surface area (Å²) in [4.78, 5) is 24.9. The van der Waals surface area contributed by atoms with Crippen molar-refractivity contribution in [1.82, 2.24) is 25.1 Å². The van der Waals surface area contributed by atoms with E-state index < -0.39 is 0 Å². The molecule has 210 valence electrons. The Hall–Kier alpha value is -4.13. The maximum Gasteiger partial charge on any atom is 0.266 e. The Morgan fingerprint density at radius 1 is 1.23 bits per heavy atom. The van der Waals surface area contributed by atoms with Crippen LogP contribution in [0.25, 0.3) is 11.6 Å². The standard InChI is InChI=1S/C27H30N8O2S.CH5N/c1-17(13-19-7-4-3-5-8-19)24-32-33-25(37-24)21-14-20(15-23(31-21)35(29)12-10-28)27(36)34-11-6-9-22(34)26-30-18(2)16-38-26;1-2/h3-5,7-8,10,12,14-17,22H,6,9,11,13,28-29H2,1-2H3;2H2,1H3/b12-10-;. The molecule has 0 bridgehead atoms. The second-order valence-electron chi connectivity index (χ2n) is 9.37. The molecule has 40 heavy (non-hydrogen) atoms. The number of hydrogen-bond donors (Lipinski definition) is 3. The highest BCUT2D eigenvalue weighted by Crippen LogP contribution is 2.35. The molecule has 12 heteroatoms. The Kier molecular flexibility index (Phi) is 9.59.